The van der Waals surface area contributed by atoms with Crippen molar-refractivity contribution in [3.8, 4) is 11.1 Å². The molecule has 1 aliphatic rings. The molecule has 0 aromatic heterocycles. The normalized spacial score (nSPS) is 13.0. The molecule has 0 radical (unpaired) electrons. The van der Waals surface area contributed by atoms with E-state index in [1.54, 1.807) is 0 Å². The Morgan fingerprint density at radius 3 is 1.28 bits per heavy atom. The van der Waals surface area contributed by atoms with E-state index in [4.69, 9.17) is 0 Å². The highest BCUT2D eigenvalue weighted by Gasteiger charge is 2.48. The van der Waals surface area contributed by atoms with Gasteiger partial charge in [0.05, 0.1) is 11.4 Å². The van der Waals surface area contributed by atoms with Gasteiger partial charge in [-0.25, -0.2) is 0 Å². The summed E-state index contributed by atoms with van der Waals surface area (Å²) in [7, 11) is -2.73. The van der Waals surface area contributed by atoms with Crippen LogP contribution in [0.5, 0.6) is 0 Å². The van der Waals surface area contributed by atoms with Crippen LogP contribution < -0.4 is 25.6 Å². The molecule has 1 heterocycles. The summed E-state index contributed by atoms with van der Waals surface area (Å²) in [6.45, 7) is 0. The van der Waals surface area contributed by atoms with Crippen molar-refractivity contribution >= 4 is 89.0 Å². The summed E-state index contributed by atoms with van der Waals surface area (Å²) in [6, 6.07) is 79.4. The fourth-order valence-electron chi connectivity index (χ4n) is 9.42. The van der Waals surface area contributed by atoms with Gasteiger partial charge in [0.2, 0.25) is 0 Å². The number of anilines is 3. The first-order chi connectivity index (χ1) is 26.8. The van der Waals surface area contributed by atoms with Gasteiger partial charge >= 0.3 is 0 Å². The highest BCUT2D eigenvalue weighted by molar-refractivity contribution is 7.22. The minimum atomic E-state index is -2.73. The Labute approximate surface area is 316 Å². The highest BCUT2D eigenvalue weighted by atomic mass is 28.3. The Hall–Kier alpha value is -6.74. The molecule has 0 saturated carbocycles. The molecule has 10 aromatic carbocycles. The molecule has 10 aromatic rings. The number of hydrogen-bond donors (Lipinski definition) is 0. The van der Waals surface area contributed by atoms with Crippen LogP contribution in [0.2, 0.25) is 0 Å². The summed E-state index contributed by atoms with van der Waals surface area (Å²) in [4.78, 5) is 2.56. The van der Waals surface area contributed by atoms with E-state index in [1.807, 2.05) is 0 Å². The van der Waals surface area contributed by atoms with E-state index in [-0.39, 0.29) is 0 Å². The van der Waals surface area contributed by atoms with Crippen molar-refractivity contribution < 1.29 is 0 Å². The molecule has 1 aliphatic heterocycles. The van der Waals surface area contributed by atoms with Crippen molar-refractivity contribution in [1.82, 2.24) is 0 Å². The molecule has 0 amide bonds. The monoisotopic (exact) mass is 701 g/mol. The summed E-state index contributed by atoms with van der Waals surface area (Å²) >= 11 is 0. The predicted octanol–water partition coefficient (Wildman–Crippen LogP) is 11.1. The molecule has 2 heteroatoms. The Kier molecular flexibility index (Phi) is 6.95. The minimum absolute atomic E-state index is 1.16. The van der Waals surface area contributed by atoms with Crippen LogP contribution in [0.25, 0.3) is 54.2 Å². The Bertz CT molecular complexity index is 2900. The molecule has 0 atom stereocenters. The number of benzene rings is 10. The van der Waals surface area contributed by atoms with Crippen molar-refractivity contribution in [3.05, 3.63) is 212 Å². The van der Waals surface area contributed by atoms with E-state index in [1.165, 1.54) is 86.3 Å². The third-order valence-electron chi connectivity index (χ3n) is 11.7. The number of rotatable bonds is 5. The minimum Gasteiger partial charge on any atom is -0.309 e. The van der Waals surface area contributed by atoms with Crippen molar-refractivity contribution in [2.45, 2.75) is 0 Å². The molecule has 252 valence electrons. The smallest absolute Gasteiger partial charge is 0.180 e. The van der Waals surface area contributed by atoms with Gasteiger partial charge in [-0.15, -0.1) is 0 Å². The molecular weight excluding hydrogens is 667 g/mol. The molecular formula is C52H35NSi. The van der Waals surface area contributed by atoms with Gasteiger partial charge in [0, 0.05) is 16.5 Å². The summed E-state index contributed by atoms with van der Waals surface area (Å²) in [5.41, 5.74) is 6.18. The summed E-state index contributed by atoms with van der Waals surface area (Å²) in [6.07, 6.45) is 0. The van der Waals surface area contributed by atoms with Crippen LogP contribution >= 0.6 is 0 Å². The van der Waals surface area contributed by atoms with Gasteiger partial charge in [-0.1, -0.05) is 188 Å². The van der Waals surface area contributed by atoms with Gasteiger partial charge in [-0.2, -0.15) is 0 Å². The average molecular weight is 702 g/mol. The zero-order chi connectivity index (χ0) is 35.6. The maximum Gasteiger partial charge on any atom is 0.180 e. The lowest BCUT2D eigenvalue weighted by molar-refractivity contribution is 1.32. The first-order valence-corrected chi connectivity index (χ1v) is 20.8. The van der Waals surface area contributed by atoms with Gasteiger partial charge in [-0.3, -0.25) is 0 Å². The molecule has 0 unspecified atom stereocenters. The number of hydrogen-bond acceptors (Lipinski definition) is 1. The van der Waals surface area contributed by atoms with Gasteiger partial charge in [0.15, 0.2) is 8.07 Å². The van der Waals surface area contributed by atoms with Gasteiger partial charge < -0.3 is 4.90 Å². The van der Waals surface area contributed by atoms with Gasteiger partial charge in [0.25, 0.3) is 0 Å². The SMILES string of the molecule is c1ccc([Si]2(c3ccccc3)c3ccccc3-c3ccc(N(c4cc5ccccc5c5ccccc45)c4cc5ccccc5c5ccccc45)cc32)cc1. The van der Waals surface area contributed by atoms with E-state index in [0.717, 1.165) is 5.69 Å². The first-order valence-electron chi connectivity index (χ1n) is 18.8. The van der Waals surface area contributed by atoms with Crippen molar-refractivity contribution in [2.75, 3.05) is 4.90 Å². The zero-order valence-corrected chi connectivity index (χ0v) is 30.7. The maximum absolute atomic E-state index is 2.73. The van der Waals surface area contributed by atoms with Crippen molar-refractivity contribution in [1.29, 1.82) is 0 Å². The fraction of sp³-hybridized carbons (Fsp3) is 0. The van der Waals surface area contributed by atoms with Crippen LogP contribution in [0.1, 0.15) is 0 Å². The van der Waals surface area contributed by atoms with E-state index < -0.39 is 8.07 Å². The van der Waals surface area contributed by atoms with Crippen LogP contribution in [-0.4, -0.2) is 8.07 Å². The third-order valence-corrected chi connectivity index (χ3v) is 16.5. The van der Waals surface area contributed by atoms with Crippen molar-refractivity contribution in [2.24, 2.45) is 0 Å². The Morgan fingerprint density at radius 2 is 0.722 bits per heavy atom. The van der Waals surface area contributed by atoms with Crippen LogP contribution in [0.4, 0.5) is 17.1 Å². The molecule has 0 N–H and O–H groups in total. The molecule has 0 spiro atoms. The lowest BCUT2D eigenvalue weighted by Gasteiger charge is -2.33. The summed E-state index contributed by atoms with van der Waals surface area (Å²) < 4.78 is 0. The van der Waals surface area contributed by atoms with Crippen LogP contribution in [0.3, 0.4) is 0 Å². The Balaban J connectivity index is 1.29. The van der Waals surface area contributed by atoms with Crippen LogP contribution in [0.15, 0.2) is 212 Å². The van der Waals surface area contributed by atoms with E-state index >= 15 is 0 Å². The topological polar surface area (TPSA) is 3.24 Å². The molecule has 0 bridgehead atoms. The van der Waals surface area contributed by atoms with E-state index in [0.29, 0.717) is 0 Å². The van der Waals surface area contributed by atoms with Crippen molar-refractivity contribution in [3.63, 3.8) is 0 Å². The largest absolute Gasteiger partial charge is 0.309 e. The molecule has 11 rings (SSSR count). The second-order valence-corrected chi connectivity index (χ2v) is 18.1. The number of fused-ring (bicyclic) bond motifs is 9. The second-order valence-electron chi connectivity index (χ2n) is 14.4. The lowest BCUT2D eigenvalue weighted by Crippen LogP contribution is -2.72. The molecule has 0 fully saturated rings. The standard InChI is InChI=1S/C52H35NSi/c1-3-19-39(20-4-1)54(40-21-5-2-6-22-40)51-30-16-15-29-47(51)48-32-31-38(35-52(48)54)53(49-33-36-17-7-9-23-41(36)43-25-11-13-27-45(43)49)50-34-37-18-8-10-24-42(37)44-26-12-14-28-46(44)50/h1-35H. The zero-order valence-electron chi connectivity index (χ0n) is 29.7. The maximum atomic E-state index is 2.56. The highest BCUT2D eigenvalue weighted by Crippen LogP contribution is 2.46. The summed E-state index contributed by atoms with van der Waals surface area (Å²) in [5.74, 6) is 0. The van der Waals surface area contributed by atoms with Crippen LogP contribution in [0, 0.1) is 0 Å². The molecule has 0 saturated heterocycles. The second kappa shape index (κ2) is 12.2. The van der Waals surface area contributed by atoms with Crippen LogP contribution in [-0.2, 0) is 0 Å². The third kappa shape index (κ3) is 4.44. The average Bonchev–Trinajstić information content (AvgIpc) is 3.55. The molecule has 1 nitrogen and oxygen atoms in total. The first kappa shape index (κ1) is 30.8. The quantitative estimate of drug-likeness (QED) is 0.128. The van der Waals surface area contributed by atoms with E-state index in [9.17, 15) is 0 Å². The fourth-order valence-corrected chi connectivity index (χ4v) is 14.6. The number of nitrogens with zero attached hydrogens (tertiary/aromatic N) is 1. The Morgan fingerprint density at radius 1 is 0.296 bits per heavy atom. The lowest BCUT2D eigenvalue weighted by atomic mass is 9.96. The molecule has 54 heavy (non-hydrogen) atoms. The van der Waals surface area contributed by atoms with Gasteiger partial charge in [0.1, 0.15) is 0 Å². The van der Waals surface area contributed by atoms with Gasteiger partial charge in [-0.05, 0) is 88.5 Å². The van der Waals surface area contributed by atoms with E-state index in [2.05, 4.69) is 217 Å². The predicted molar refractivity (Wildman–Crippen MR) is 234 cm³/mol. The molecule has 0 aliphatic carbocycles. The summed E-state index contributed by atoms with van der Waals surface area (Å²) in [5, 5.41) is 15.6.